The number of nitrogens with two attached hydrogens (primary N) is 1. The molecule has 1 unspecified atom stereocenters. The number of rotatable bonds is 6. The maximum absolute atomic E-state index is 6.02. The molecule has 2 heterocycles. The second kappa shape index (κ2) is 5.74. The Balaban J connectivity index is 2.00. The van der Waals surface area contributed by atoms with Crippen molar-refractivity contribution in [3.63, 3.8) is 0 Å². The van der Waals surface area contributed by atoms with Crippen LogP contribution in [0.3, 0.4) is 0 Å². The van der Waals surface area contributed by atoms with Crippen molar-refractivity contribution < 1.29 is 9.26 Å². The van der Waals surface area contributed by atoms with E-state index in [1.807, 2.05) is 20.2 Å². The molecule has 7 heteroatoms. The summed E-state index contributed by atoms with van der Waals surface area (Å²) in [5, 5.41) is 7.93. The highest BCUT2D eigenvalue weighted by Crippen LogP contribution is 2.16. The maximum Gasteiger partial charge on any atom is 0.248 e. The van der Waals surface area contributed by atoms with E-state index in [9.17, 15) is 0 Å². The SMILES string of the molecule is CCOCCc1noc(C(N)c2cnn(C)c2)n1. The van der Waals surface area contributed by atoms with E-state index >= 15 is 0 Å². The third kappa shape index (κ3) is 2.93. The minimum atomic E-state index is -0.438. The minimum Gasteiger partial charge on any atom is -0.381 e. The van der Waals surface area contributed by atoms with Crippen molar-refractivity contribution in [1.82, 2.24) is 19.9 Å². The van der Waals surface area contributed by atoms with Gasteiger partial charge in [-0.2, -0.15) is 10.1 Å². The monoisotopic (exact) mass is 251 g/mol. The fourth-order valence-corrected chi connectivity index (χ4v) is 1.55. The lowest BCUT2D eigenvalue weighted by Gasteiger charge is -2.01. The Labute approximate surface area is 105 Å². The van der Waals surface area contributed by atoms with E-state index in [4.69, 9.17) is 15.0 Å². The van der Waals surface area contributed by atoms with Crippen LogP contribution >= 0.6 is 0 Å². The van der Waals surface area contributed by atoms with E-state index in [1.165, 1.54) is 0 Å². The van der Waals surface area contributed by atoms with Crippen LogP contribution in [0.5, 0.6) is 0 Å². The molecule has 98 valence electrons. The Morgan fingerprint density at radius 3 is 3.06 bits per heavy atom. The zero-order valence-corrected chi connectivity index (χ0v) is 10.5. The molecule has 2 aromatic rings. The lowest BCUT2D eigenvalue weighted by atomic mass is 10.2. The molecule has 7 nitrogen and oxygen atoms in total. The van der Waals surface area contributed by atoms with E-state index in [-0.39, 0.29) is 0 Å². The van der Waals surface area contributed by atoms with E-state index in [0.29, 0.717) is 31.3 Å². The van der Waals surface area contributed by atoms with Crippen LogP contribution in [0.25, 0.3) is 0 Å². The summed E-state index contributed by atoms with van der Waals surface area (Å²) in [5.41, 5.74) is 6.86. The molecule has 0 saturated carbocycles. The van der Waals surface area contributed by atoms with Crippen molar-refractivity contribution in [1.29, 1.82) is 0 Å². The summed E-state index contributed by atoms with van der Waals surface area (Å²) in [6.07, 6.45) is 4.14. The van der Waals surface area contributed by atoms with Crippen LogP contribution < -0.4 is 5.73 Å². The molecule has 0 aromatic carbocycles. The van der Waals surface area contributed by atoms with Crippen molar-refractivity contribution in [3.8, 4) is 0 Å². The van der Waals surface area contributed by atoms with Gasteiger partial charge in [-0.1, -0.05) is 5.16 Å². The third-order valence-corrected chi connectivity index (χ3v) is 2.51. The van der Waals surface area contributed by atoms with Crippen molar-refractivity contribution in [3.05, 3.63) is 29.7 Å². The van der Waals surface area contributed by atoms with Crippen LogP contribution in [-0.2, 0) is 18.2 Å². The molecule has 0 amide bonds. The predicted molar refractivity (Wildman–Crippen MR) is 63.7 cm³/mol. The summed E-state index contributed by atoms with van der Waals surface area (Å²) in [4.78, 5) is 4.25. The first kappa shape index (κ1) is 12.7. The first-order chi connectivity index (χ1) is 8.70. The number of aromatic nitrogens is 4. The normalized spacial score (nSPS) is 12.8. The quantitative estimate of drug-likeness (QED) is 0.748. The smallest absolute Gasteiger partial charge is 0.248 e. The van der Waals surface area contributed by atoms with E-state index in [2.05, 4.69) is 15.2 Å². The molecule has 0 saturated heterocycles. The maximum atomic E-state index is 6.02. The predicted octanol–water partition coefficient (Wildman–Crippen LogP) is 0.430. The number of nitrogens with zero attached hydrogens (tertiary/aromatic N) is 4. The Morgan fingerprint density at radius 2 is 2.39 bits per heavy atom. The summed E-state index contributed by atoms with van der Waals surface area (Å²) in [6, 6.07) is -0.438. The molecule has 2 N–H and O–H groups in total. The highest BCUT2D eigenvalue weighted by atomic mass is 16.5. The van der Waals surface area contributed by atoms with Crippen LogP contribution in [0.15, 0.2) is 16.9 Å². The lowest BCUT2D eigenvalue weighted by molar-refractivity contribution is 0.149. The van der Waals surface area contributed by atoms with Gasteiger partial charge in [-0.05, 0) is 6.92 Å². The number of aryl methyl sites for hydroxylation is 1. The van der Waals surface area contributed by atoms with Gasteiger partial charge in [-0.25, -0.2) is 0 Å². The number of hydrogen-bond donors (Lipinski definition) is 1. The van der Waals surface area contributed by atoms with Crippen LogP contribution in [0.4, 0.5) is 0 Å². The largest absolute Gasteiger partial charge is 0.381 e. The molecule has 0 bridgehead atoms. The van der Waals surface area contributed by atoms with Gasteiger partial charge in [0.25, 0.3) is 0 Å². The second-order valence-corrected chi connectivity index (χ2v) is 3.92. The average Bonchev–Trinajstić information content (AvgIpc) is 2.98. The first-order valence-corrected chi connectivity index (χ1v) is 5.85. The van der Waals surface area contributed by atoms with Gasteiger partial charge in [0, 0.05) is 31.8 Å². The van der Waals surface area contributed by atoms with Gasteiger partial charge in [0.05, 0.1) is 12.8 Å². The Hall–Kier alpha value is -1.73. The molecule has 0 aliphatic carbocycles. The molecular weight excluding hydrogens is 234 g/mol. The molecule has 2 aromatic heterocycles. The van der Waals surface area contributed by atoms with Gasteiger partial charge in [0.15, 0.2) is 5.82 Å². The zero-order valence-electron chi connectivity index (χ0n) is 10.5. The van der Waals surface area contributed by atoms with Gasteiger partial charge >= 0.3 is 0 Å². The van der Waals surface area contributed by atoms with Crippen molar-refractivity contribution >= 4 is 0 Å². The minimum absolute atomic E-state index is 0.398. The number of ether oxygens (including phenoxy) is 1. The molecule has 0 radical (unpaired) electrons. The van der Waals surface area contributed by atoms with Crippen LogP contribution in [0, 0.1) is 0 Å². The topological polar surface area (TPSA) is 92.0 Å². The molecule has 1 atom stereocenters. The third-order valence-electron chi connectivity index (χ3n) is 2.51. The van der Waals surface area contributed by atoms with Gasteiger partial charge in [-0.15, -0.1) is 0 Å². The summed E-state index contributed by atoms with van der Waals surface area (Å²) < 4.78 is 12.1. The molecule has 18 heavy (non-hydrogen) atoms. The summed E-state index contributed by atoms with van der Waals surface area (Å²) in [5.74, 6) is 1.01. The average molecular weight is 251 g/mol. The van der Waals surface area contributed by atoms with Gasteiger partial charge in [-0.3, -0.25) is 4.68 Å². The Bertz CT molecular complexity index is 493. The Kier molecular flexibility index (Phi) is 4.06. The van der Waals surface area contributed by atoms with Crippen molar-refractivity contribution in [2.75, 3.05) is 13.2 Å². The summed E-state index contributed by atoms with van der Waals surface area (Å²) >= 11 is 0. The fraction of sp³-hybridized carbons (Fsp3) is 0.545. The first-order valence-electron chi connectivity index (χ1n) is 5.85. The second-order valence-electron chi connectivity index (χ2n) is 3.92. The zero-order chi connectivity index (χ0) is 13.0. The van der Waals surface area contributed by atoms with E-state index in [0.717, 1.165) is 5.56 Å². The molecule has 0 spiro atoms. The van der Waals surface area contributed by atoms with Gasteiger partial charge in [0.2, 0.25) is 5.89 Å². The van der Waals surface area contributed by atoms with E-state index in [1.54, 1.807) is 10.9 Å². The molecule has 2 rings (SSSR count). The molecular formula is C11H17N5O2. The van der Waals surface area contributed by atoms with E-state index < -0.39 is 6.04 Å². The number of hydrogen-bond acceptors (Lipinski definition) is 6. The van der Waals surface area contributed by atoms with Crippen LogP contribution in [0.1, 0.15) is 30.2 Å². The summed E-state index contributed by atoms with van der Waals surface area (Å²) in [6.45, 7) is 3.21. The van der Waals surface area contributed by atoms with Gasteiger partial charge < -0.3 is 15.0 Å². The van der Waals surface area contributed by atoms with Crippen molar-refractivity contribution in [2.24, 2.45) is 12.8 Å². The highest BCUT2D eigenvalue weighted by Gasteiger charge is 2.18. The summed E-state index contributed by atoms with van der Waals surface area (Å²) in [7, 11) is 1.83. The molecule has 0 aliphatic rings. The standard InChI is InChI=1S/C11H17N5O2/c1-3-17-5-4-9-14-11(18-15-9)10(12)8-6-13-16(2)7-8/h6-7,10H,3-5,12H2,1-2H3. The molecule has 0 aliphatic heterocycles. The highest BCUT2D eigenvalue weighted by molar-refractivity contribution is 5.16. The van der Waals surface area contributed by atoms with Gasteiger partial charge in [0.1, 0.15) is 6.04 Å². The van der Waals surface area contributed by atoms with Crippen molar-refractivity contribution in [2.45, 2.75) is 19.4 Å². The Morgan fingerprint density at radius 1 is 1.56 bits per heavy atom. The lowest BCUT2D eigenvalue weighted by Crippen LogP contribution is -2.11. The van der Waals surface area contributed by atoms with Crippen LogP contribution in [-0.4, -0.2) is 33.1 Å². The molecule has 0 fully saturated rings. The van der Waals surface area contributed by atoms with Crippen LogP contribution in [0.2, 0.25) is 0 Å². The fourth-order valence-electron chi connectivity index (χ4n) is 1.55.